The Kier molecular flexibility index (Phi) is 10.4. The molecule has 2 fully saturated rings. The number of ketones is 2. The van der Waals surface area contributed by atoms with Crippen molar-refractivity contribution in [1.29, 1.82) is 0 Å². The number of amides is 2. The van der Waals surface area contributed by atoms with E-state index in [2.05, 4.69) is 10.6 Å². The van der Waals surface area contributed by atoms with Crippen LogP contribution in [0.5, 0.6) is 0 Å². The van der Waals surface area contributed by atoms with Crippen LogP contribution in [0.25, 0.3) is 0 Å². The molecule has 2 rings (SSSR count). The van der Waals surface area contributed by atoms with E-state index in [1.165, 1.54) is 23.5 Å². The Labute approximate surface area is 177 Å². The fourth-order valence-electron chi connectivity index (χ4n) is 2.47. The van der Waals surface area contributed by atoms with Gasteiger partial charge in [0.2, 0.25) is 11.8 Å². The first kappa shape index (κ1) is 23.0. The summed E-state index contributed by atoms with van der Waals surface area (Å²) in [4.78, 5) is 46.2. The molecule has 2 N–H and O–H groups in total. The third kappa shape index (κ3) is 8.29. The van der Waals surface area contributed by atoms with Crippen LogP contribution < -0.4 is 10.6 Å². The molecule has 0 bridgehead atoms. The van der Waals surface area contributed by atoms with Crippen LogP contribution >= 0.6 is 47.0 Å². The van der Waals surface area contributed by atoms with E-state index in [1.54, 1.807) is 23.5 Å². The van der Waals surface area contributed by atoms with E-state index in [0.717, 1.165) is 25.7 Å². The fourth-order valence-corrected chi connectivity index (χ4v) is 6.50. The van der Waals surface area contributed by atoms with Crippen LogP contribution in [0.1, 0.15) is 32.6 Å². The zero-order valence-electron chi connectivity index (χ0n) is 15.4. The van der Waals surface area contributed by atoms with Gasteiger partial charge in [-0.1, -0.05) is 6.92 Å². The normalized spacial score (nSPS) is 22.6. The van der Waals surface area contributed by atoms with Gasteiger partial charge < -0.3 is 10.6 Å². The van der Waals surface area contributed by atoms with Crippen molar-refractivity contribution in [2.24, 2.45) is 0 Å². The SMILES string of the molecule is CCC(CCCCNC(=O)CSC1SCC1=O)NC(=O)CSC1SCC1=O. The number of hydrogen-bond acceptors (Lipinski definition) is 8. The van der Waals surface area contributed by atoms with Crippen LogP contribution in [-0.2, 0) is 19.2 Å². The van der Waals surface area contributed by atoms with E-state index in [4.69, 9.17) is 0 Å². The predicted molar refractivity (Wildman–Crippen MR) is 117 cm³/mol. The Morgan fingerprint density at radius 3 is 2.11 bits per heavy atom. The van der Waals surface area contributed by atoms with Crippen LogP contribution in [0.3, 0.4) is 0 Å². The van der Waals surface area contributed by atoms with Gasteiger partial charge in [0.15, 0.2) is 11.6 Å². The van der Waals surface area contributed by atoms with Gasteiger partial charge in [0.1, 0.15) is 9.16 Å². The molecule has 0 aromatic carbocycles. The van der Waals surface area contributed by atoms with E-state index in [9.17, 15) is 19.2 Å². The molecule has 2 heterocycles. The minimum Gasteiger partial charge on any atom is -0.355 e. The minimum absolute atomic E-state index is 0.0131. The van der Waals surface area contributed by atoms with Crippen molar-refractivity contribution < 1.29 is 19.2 Å². The molecule has 0 saturated carbocycles. The zero-order valence-corrected chi connectivity index (χ0v) is 18.6. The number of unbranched alkanes of at least 4 members (excludes halogenated alkanes) is 1. The quantitative estimate of drug-likeness (QED) is 0.411. The summed E-state index contributed by atoms with van der Waals surface area (Å²) < 4.78 is -0.109. The second kappa shape index (κ2) is 12.3. The maximum Gasteiger partial charge on any atom is 0.230 e. The molecule has 2 aliphatic heterocycles. The Bertz CT molecular complexity index is 561. The molecule has 27 heavy (non-hydrogen) atoms. The van der Waals surface area contributed by atoms with Crippen LogP contribution in [0.2, 0.25) is 0 Å². The predicted octanol–water partition coefficient (Wildman–Crippen LogP) is 1.92. The second-order valence-corrected chi connectivity index (χ2v) is 11.3. The summed E-state index contributed by atoms with van der Waals surface area (Å²) in [5.41, 5.74) is 0. The molecular formula is C17H26N2O4S4. The number of carbonyl (C=O) groups excluding carboxylic acids is 4. The number of rotatable bonds is 13. The molecule has 2 aliphatic rings. The monoisotopic (exact) mass is 450 g/mol. The van der Waals surface area contributed by atoms with E-state index in [-0.39, 0.29) is 38.6 Å². The van der Waals surface area contributed by atoms with Crippen molar-refractivity contribution in [3.63, 3.8) is 0 Å². The van der Waals surface area contributed by atoms with Gasteiger partial charge in [0.25, 0.3) is 0 Å². The van der Waals surface area contributed by atoms with Crippen molar-refractivity contribution in [1.82, 2.24) is 10.6 Å². The highest BCUT2D eigenvalue weighted by Crippen LogP contribution is 2.34. The molecule has 0 aromatic rings. The highest BCUT2D eigenvalue weighted by atomic mass is 32.2. The number of nitrogens with one attached hydrogen (secondary N) is 2. The molecule has 0 radical (unpaired) electrons. The molecular weight excluding hydrogens is 424 g/mol. The van der Waals surface area contributed by atoms with Gasteiger partial charge in [-0.15, -0.1) is 47.0 Å². The minimum atomic E-state index is -0.0568. The van der Waals surface area contributed by atoms with Crippen molar-refractivity contribution in [3.8, 4) is 0 Å². The van der Waals surface area contributed by atoms with Gasteiger partial charge in [-0.05, 0) is 25.7 Å². The summed E-state index contributed by atoms with van der Waals surface area (Å²) in [6, 6.07) is 0.135. The van der Waals surface area contributed by atoms with Gasteiger partial charge in [-0.3, -0.25) is 19.2 Å². The van der Waals surface area contributed by atoms with Gasteiger partial charge in [0, 0.05) is 12.6 Å². The average molecular weight is 451 g/mol. The summed E-state index contributed by atoms with van der Waals surface area (Å²) in [6.45, 7) is 2.66. The summed E-state index contributed by atoms with van der Waals surface area (Å²) in [5.74, 6) is 2.22. The van der Waals surface area contributed by atoms with Gasteiger partial charge in [-0.2, -0.15) is 0 Å². The first-order valence-electron chi connectivity index (χ1n) is 9.07. The lowest BCUT2D eigenvalue weighted by Gasteiger charge is -2.23. The fraction of sp³-hybridized carbons (Fsp3) is 0.765. The van der Waals surface area contributed by atoms with Crippen molar-refractivity contribution in [3.05, 3.63) is 0 Å². The van der Waals surface area contributed by atoms with E-state index >= 15 is 0 Å². The molecule has 3 atom stereocenters. The molecule has 2 amide bonds. The maximum absolute atomic E-state index is 12.0. The first-order valence-corrected chi connectivity index (χ1v) is 13.3. The molecule has 152 valence electrons. The van der Waals surface area contributed by atoms with Gasteiger partial charge >= 0.3 is 0 Å². The van der Waals surface area contributed by atoms with E-state index in [0.29, 0.717) is 29.6 Å². The Morgan fingerprint density at radius 2 is 1.63 bits per heavy atom. The number of thioether (sulfide) groups is 4. The summed E-state index contributed by atoms with van der Waals surface area (Å²) in [6.07, 6.45) is 3.53. The van der Waals surface area contributed by atoms with Crippen molar-refractivity contribution in [2.75, 3.05) is 29.6 Å². The summed E-state index contributed by atoms with van der Waals surface area (Å²) in [5, 5.41) is 5.91. The highest BCUT2D eigenvalue weighted by molar-refractivity contribution is 8.21. The van der Waals surface area contributed by atoms with Crippen molar-refractivity contribution >= 4 is 70.4 Å². The number of carbonyl (C=O) groups is 4. The van der Waals surface area contributed by atoms with Gasteiger partial charge in [-0.25, -0.2) is 0 Å². The van der Waals surface area contributed by atoms with Crippen LogP contribution in [0.15, 0.2) is 0 Å². The molecule has 0 aromatic heterocycles. The lowest BCUT2D eigenvalue weighted by atomic mass is 10.1. The van der Waals surface area contributed by atoms with Crippen LogP contribution in [-0.4, -0.2) is 68.1 Å². The third-order valence-electron chi connectivity index (χ3n) is 4.17. The Hall–Kier alpha value is -0.320. The van der Waals surface area contributed by atoms with Crippen LogP contribution in [0.4, 0.5) is 0 Å². The molecule has 2 saturated heterocycles. The Balaban J connectivity index is 1.47. The lowest BCUT2D eigenvalue weighted by Crippen LogP contribution is -2.37. The summed E-state index contributed by atoms with van der Waals surface area (Å²) in [7, 11) is 0. The van der Waals surface area contributed by atoms with Crippen molar-refractivity contribution in [2.45, 2.75) is 47.8 Å². The largest absolute Gasteiger partial charge is 0.355 e. The maximum atomic E-state index is 12.0. The number of hydrogen-bond donors (Lipinski definition) is 2. The summed E-state index contributed by atoms with van der Waals surface area (Å²) >= 11 is 5.99. The lowest BCUT2D eigenvalue weighted by molar-refractivity contribution is -0.119. The molecule has 0 spiro atoms. The molecule has 10 heteroatoms. The smallest absolute Gasteiger partial charge is 0.230 e. The molecule has 3 unspecified atom stereocenters. The molecule has 6 nitrogen and oxygen atoms in total. The van der Waals surface area contributed by atoms with Crippen LogP contribution in [0, 0.1) is 0 Å². The third-order valence-corrected chi connectivity index (χ3v) is 9.83. The molecule has 0 aliphatic carbocycles. The van der Waals surface area contributed by atoms with E-state index in [1.807, 2.05) is 6.92 Å². The Morgan fingerprint density at radius 1 is 1.04 bits per heavy atom. The average Bonchev–Trinajstić information content (AvgIpc) is 2.64. The topological polar surface area (TPSA) is 92.3 Å². The standard InChI is InChI=1S/C17H26N2O4S4/c1-2-11(19-15(23)10-27-17-13(21)8-25-17)5-3-4-6-18-14(22)9-26-16-12(20)7-24-16/h11,16-17H,2-10H2,1H3,(H,18,22)(H,19,23). The number of Topliss-reactive ketones (excluding diaryl/α,β-unsaturated/α-hetero) is 2. The van der Waals surface area contributed by atoms with Gasteiger partial charge in [0.05, 0.1) is 23.0 Å². The zero-order chi connectivity index (χ0) is 19.6. The first-order chi connectivity index (χ1) is 13.0. The van der Waals surface area contributed by atoms with E-state index < -0.39 is 0 Å². The second-order valence-electron chi connectivity index (χ2n) is 6.36. The highest BCUT2D eigenvalue weighted by Gasteiger charge is 2.30.